The van der Waals surface area contributed by atoms with Gasteiger partial charge in [-0.25, -0.2) is 0 Å². The maximum absolute atomic E-state index is 11.2. The lowest BCUT2D eigenvalue weighted by molar-refractivity contribution is -0.119. The second-order valence-electron chi connectivity index (χ2n) is 4.03. The molecule has 0 spiro atoms. The number of hydrogen-bond acceptors (Lipinski definition) is 3. The van der Waals surface area contributed by atoms with Crippen molar-refractivity contribution < 1.29 is 9.90 Å². The van der Waals surface area contributed by atoms with Gasteiger partial charge in [0.1, 0.15) is 5.78 Å². The van der Waals surface area contributed by atoms with Gasteiger partial charge in [0.15, 0.2) is 0 Å². The minimum absolute atomic E-state index is 0.210. The third kappa shape index (κ3) is 3.15. The molecule has 70 valence electrons. The maximum Gasteiger partial charge on any atom is 0.146 e. The molecule has 1 rings (SSSR count). The van der Waals surface area contributed by atoms with Gasteiger partial charge in [-0.2, -0.15) is 11.8 Å². The van der Waals surface area contributed by atoms with E-state index in [2.05, 4.69) is 0 Å². The van der Waals surface area contributed by atoms with Crippen molar-refractivity contribution in [2.45, 2.75) is 32.3 Å². The fourth-order valence-corrected chi connectivity index (χ4v) is 2.48. The molecule has 3 heteroatoms. The lowest BCUT2D eigenvalue weighted by Crippen LogP contribution is -2.22. The number of aliphatic hydroxyl groups is 1. The van der Waals surface area contributed by atoms with Gasteiger partial charge in [0.2, 0.25) is 0 Å². The van der Waals surface area contributed by atoms with E-state index in [1.807, 2.05) is 0 Å². The Morgan fingerprint density at radius 3 is 2.75 bits per heavy atom. The lowest BCUT2D eigenvalue weighted by Gasteiger charge is -2.18. The summed E-state index contributed by atoms with van der Waals surface area (Å²) < 4.78 is 0. The average molecular weight is 188 g/mol. The van der Waals surface area contributed by atoms with E-state index >= 15 is 0 Å². The van der Waals surface area contributed by atoms with E-state index < -0.39 is 5.60 Å². The predicted octanol–water partition coefficient (Wildman–Crippen LogP) is 1.47. The highest BCUT2D eigenvalue weighted by Crippen LogP contribution is 2.26. The van der Waals surface area contributed by atoms with E-state index in [9.17, 15) is 9.90 Å². The molecule has 1 unspecified atom stereocenters. The molecule has 12 heavy (non-hydrogen) atoms. The smallest absolute Gasteiger partial charge is 0.146 e. The second kappa shape index (κ2) is 3.79. The summed E-state index contributed by atoms with van der Waals surface area (Å²) in [5, 5.41) is 9.45. The molecular weight excluding hydrogens is 172 g/mol. The van der Waals surface area contributed by atoms with Crippen LogP contribution in [0.5, 0.6) is 0 Å². The van der Waals surface area contributed by atoms with Crippen LogP contribution in [0.2, 0.25) is 0 Å². The van der Waals surface area contributed by atoms with Gasteiger partial charge >= 0.3 is 0 Å². The highest BCUT2D eigenvalue weighted by Gasteiger charge is 2.26. The normalized spacial score (nSPS) is 24.9. The molecule has 0 bridgehead atoms. The molecule has 0 aromatic carbocycles. The van der Waals surface area contributed by atoms with Gasteiger partial charge in [0.25, 0.3) is 0 Å². The summed E-state index contributed by atoms with van der Waals surface area (Å²) in [5.41, 5.74) is -0.618. The van der Waals surface area contributed by atoms with E-state index in [4.69, 9.17) is 0 Å². The summed E-state index contributed by atoms with van der Waals surface area (Å²) in [7, 11) is 0. The molecule has 1 N–H and O–H groups in total. The largest absolute Gasteiger partial charge is 0.390 e. The molecule has 2 nitrogen and oxygen atoms in total. The Hall–Kier alpha value is -0.0200. The number of thioether (sulfide) groups is 1. The van der Waals surface area contributed by atoms with E-state index in [1.165, 1.54) is 0 Å². The van der Waals surface area contributed by atoms with Crippen LogP contribution in [0.1, 0.15) is 26.7 Å². The maximum atomic E-state index is 11.2. The Labute approximate surface area is 77.7 Å². The van der Waals surface area contributed by atoms with E-state index in [0.717, 1.165) is 18.6 Å². The zero-order valence-corrected chi connectivity index (χ0v) is 8.49. The Morgan fingerprint density at radius 1 is 1.67 bits per heavy atom. The average Bonchev–Trinajstić information content (AvgIpc) is 2.29. The summed E-state index contributed by atoms with van der Waals surface area (Å²) in [5.74, 6) is 2.21. The van der Waals surface area contributed by atoms with Crippen LogP contribution in [0.25, 0.3) is 0 Å². The van der Waals surface area contributed by atoms with Crippen LogP contribution in [0.3, 0.4) is 0 Å². The molecule has 0 aromatic heterocycles. The van der Waals surface area contributed by atoms with Crippen LogP contribution in [0.4, 0.5) is 0 Å². The molecule has 1 heterocycles. The Kier molecular flexibility index (Phi) is 3.18. The van der Waals surface area contributed by atoms with E-state index in [-0.39, 0.29) is 5.92 Å². The third-order valence-electron chi connectivity index (χ3n) is 2.12. The summed E-state index contributed by atoms with van der Waals surface area (Å²) >= 11 is 1.71. The highest BCUT2D eigenvalue weighted by molar-refractivity contribution is 8.00. The number of carbonyl (C=O) groups excluding carboxylic acids is 1. The second-order valence-corrected chi connectivity index (χ2v) is 5.06. The minimum Gasteiger partial charge on any atom is -0.390 e. The van der Waals surface area contributed by atoms with Crippen LogP contribution in [0, 0.1) is 5.92 Å². The van der Waals surface area contributed by atoms with Gasteiger partial charge in [0.05, 0.1) is 11.4 Å². The Morgan fingerprint density at radius 2 is 2.33 bits per heavy atom. The zero-order valence-electron chi connectivity index (χ0n) is 7.67. The van der Waals surface area contributed by atoms with Crippen molar-refractivity contribution in [3.8, 4) is 0 Å². The van der Waals surface area contributed by atoms with Gasteiger partial charge in [-0.15, -0.1) is 0 Å². The van der Waals surface area contributed by atoms with Crippen LogP contribution in [-0.2, 0) is 4.79 Å². The first-order valence-corrected chi connectivity index (χ1v) is 5.47. The number of hydrogen-bond donors (Lipinski definition) is 1. The topological polar surface area (TPSA) is 37.3 Å². The SMILES string of the molecule is CC(C)(O)CCC1CSCC1=O. The quantitative estimate of drug-likeness (QED) is 0.728. The van der Waals surface area contributed by atoms with E-state index in [1.54, 1.807) is 25.6 Å². The predicted molar refractivity (Wildman–Crippen MR) is 51.4 cm³/mol. The van der Waals surface area contributed by atoms with Crippen molar-refractivity contribution in [2.75, 3.05) is 11.5 Å². The fraction of sp³-hybridized carbons (Fsp3) is 0.889. The summed E-state index contributed by atoms with van der Waals surface area (Å²) in [6, 6.07) is 0. The van der Waals surface area contributed by atoms with Gasteiger partial charge in [-0.1, -0.05) is 0 Å². The molecule has 0 aliphatic carbocycles. The molecule has 1 aliphatic heterocycles. The van der Waals surface area contributed by atoms with Crippen molar-refractivity contribution >= 4 is 17.5 Å². The lowest BCUT2D eigenvalue weighted by atomic mass is 9.94. The first-order chi connectivity index (χ1) is 5.49. The first kappa shape index (κ1) is 10.1. The van der Waals surface area contributed by atoms with Crippen molar-refractivity contribution in [1.82, 2.24) is 0 Å². The van der Waals surface area contributed by atoms with Crippen LogP contribution < -0.4 is 0 Å². The van der Waals surface area contributed by atoms with Gasteiger partial charge in [0, 0.05) is 11.7 Å². The highest BCUT2D eigenvalue weighted by atomic mass is 32.2. The fourth-order valence-electron chi connectivity index (χ4n) is 1.28. The Bertz CT molecular complexity index is 172. The molecule has 0 amide bonds. The molecule has 1 saturated heterocycles. The molecular formula is C9H16O2S. The molecule has 0 saturated carbocycles. The molecule has 0 aromatic rings. The number of rotatable bonds is 3. The van der Waals surface area contributed by atoms with E-state index in [0.29, 0.717) is 11.5 Å². The Balaban J connectivity index is 2.27. The van der Waals surface area contributed by atoms with Crippen molar-refractivity contribution in [3.63, 3.8) is 0 Å². The minimum atomic E-state index is -0.618. The first-order valence-electron chi connectivity index (χ1n) is 4.32. The third-order valence-corrected chi connectivity index (χ3v) is 3.25. The van der Waals surface area contributed by atoms with Gasteiger partial charge in [-0.05, 0) is 26.7 Å². The number of Topliss-reactive ketones (excluding diaryl/α,β-unsaturated/α-hetero) is 1. The zero-order chi connectivity index (χ0) is 9.19. The van der Waals surface area contributed by atoms with Gasteiger partial charge < -0.3 is 5.11 Å². The van der Waals surface area contributed by atoms with Crippen LogP contribution in [0.15, 0.2) is 0 Å². The molecule has 1 atom stereocenters. The van der Waals surface area contributed by atoms with Crippen molar-refractivity contribution in [3.05, 3.63) is 0 Å². The van der Waals surface area contributed by atoms with Crippen molar-refractivity contribution in [2.24, 2.45) is 5.92 Å². The van der Waals surface area contributed by atoms with Crippen molar-refractivity contribution in [1.29, 1.82) is 0 Å². The molecule has 1 fully saturated rings. The number of carbonyl (C=O) groups is 1. The number of ketones is 1. The summed E-state index contributed by atoms with van der Waals surface area (Å²) in [4.78, 5) is 11.2. The monoisotopic (exact) mass is 188 g/mol. The standard InChI is InChI=1S/C9H16O2S/c1-9(2,11)4-3-7-5-12-6-8(7)10/h7,11H,3-6H2,1-2H3. The van der Waals surface area contributed by atoms with Gasteiger partial charge in [-0.3, -0.25) is 4.79 Å². The summed E-state index contributed by atoms with van der Waals surface area (Å²) in [6.45, 7) is 3.58. The van der Waals surface area contributed by atoms with Crippen LogP contribution in [-0.4, -0.2) is 28.0 Å². The molecule has 1 aliphatic rings. The van der Waals surface area contributed by atoms with Crippen LogP contribution >= 0.6 is 11.8 Å². The summed E-state index contributed by atoms with van der Waals surface area (Å²) in [6.07, 6.45) is 1.57. The molecule has 0 radical (unpaired) electrons.